The molecule has 1 aromatic carbocycles. The van der Waals surface area contributed by atoms with Crippen LogP contribution >= 0.6 is 0 Å². The van der Waals surface area contributed by atoms with E-state index in [4.69, 9.17) is 0 Å². The highest BCUT2D eigenvalue weighted by Gasteiger charge is 2.28. The molecule has 5 nitrogen and oxygen atoms in total. The molecule has 1 aromatic rings. The number of non-ortho nitro benzene ring substituents is 1. The number of rotatable bonds is 5. The van der Waals surface area contributed by atoms with Crippen molar-refractivity contribution in [3.05, 3.63) is 39.9 Å². The SMILES string of the molecule is CC(=O)[C@H](C(C)C)[C@@H](O)c1ccc([N+](=O)[O-])cc1. The van der Waals surface area contributed by atoms with Crippen molar-refractivity contribution in [3.8, 4) is 0 Å². The molecule has 0 heterocycles. The number of Topliss-reactive ketones (excluding diaryl/α,β-unsaturated/α-hetero) is 1. The Bertz CT molecular complexity index is 439. The number of hydrogen-bond donors (Lipinski definition) is 1. The first-order chi connectivity index (χ1) is 8.34. The van der Waals surface area contributed by atoms with Crippen LogP contribution in [0.4, 0.5) is 5.69 Å². The van der Waals surface area contributed by atoms with Gasteiger partial charge in [0.25, 0.3) is 5.69 Å². The molecule has 0 aliphatic rings. The van der Waals surface area contributed by atoms with Crippen LogP contribution in [-0.2, 0) is 4.79 Å². The fourth-order valence-electron chi connectivity index (χ4n) is 2.06. The molecule has 18 heavy (non-hydrogen) atoms. The van der Waals surface area contributed by atoms with Crippen molar-refractivity contribution in [1.82, 2.24) is 0 Å². The number of aliphatic hydroxyl groups excluding tert-OH is 1. The second-order valence-corrected chi connectivity index (χ2v) is 4.67. The predicted octanol–water partition coefficient (Wildman–Crippen LogP) is 2.49. The van der Waals surface area contributed by atoms with Gasteiger partial charge in [-0.15, -0.1) is 0 Å². The standard InChI is InChI=1S/C13H17NO4/c1-8(2)12(9(3)15)13(16)10-4-6-11(7-5-10)14(17)18/h4-8,12-13,16H,1-3H3/t12-,13-/m0/s1. The summed E-state index contributed by atoms with van der Waals surface area (Å²) in [7, 11) is 0. The highest BCUT2D eigenvalue weighted by molar-refractivity contribution is 5.79. The van der Waals surface area contributed by atoms with Gasteiger partial charge < -0.3 is 5.11 Å². The maximum atomic E-state index is 11.5. The Morgan fingerprint density at radius 2 is 1.78 bits per heavy atom. The Morgan fingerprint density at radius 1 is 1.28 bits per heavy atom. The Morgan fingerprint density at radius 3 is 2.11 bits per heavy atom. The van der Waals surface area contributed by atoms with E-state index in [1.807, 2.05) is 13.8 Å². The van der Waals surface area contributed by atoms with Crippen molar-refractivity contribution in [1.29, 1.82) is 0 Å². The van der Waals surface area contributed by atoms with E-state index in [9.17, 15) is 20.0 Å². The average molecular weight is 251 g/mol. The molecular weight excluding hydrogens is 234 g/mol. The lowest BCUT2D eigenvalue weighted by Gasteiger charge is -2.24. The second-order valence-electron chi connectivity index (χ2n) is 4.67. The molecule has 0 aliphatic heterocycles. The minimum absolute atomic E-state index is 0.00712. The van der Waals surface area contributed by atoms with Crippen molar-refractivity contribution < 1.29 is 14.8 Å². The lowest BCUT2D eigenvalue weighted by molar-refractivity contribution is -0.384. The van der Waals surface area contributed by atoms with E-state index in [1.54, 1.807) is 0 Å². The zero-order valence-electron chi connectivity index (χ0n) is 10.7. The van der Waals surface area contributed by atoms with Crippen LogP contribution in [0.25, 0.3) is 0 Å². The molecule has 0 saturated heterocycles. The van der Waals surface area contributed by atoms with Gasteiger partial charge in [-0.2, -0.15) is 0 Å². The maximum Gasteiger partial charge on any atom is 0.269 e. The van der Waals surface area contributed by atoms with E-state index in [-0.39, 0.29) is 17.4 Å². The van der Waals surface area contributed by atoms with Gasteiger partial charge in [0.1, 0.15) is 5.78 Å². The molecule has 0 bridgehead atoms. The number of nitro groups is 1. The van der Waals surface area contributed by atoms with Crippen molar-refractivity contribution >= 4 is 11.5 Å². The van der Waals surface area contributed by atoms with Gasteiger partial charge in [0, 0.05) is 18.1 Å². The molecule has 98 valence electrons. The lowest BCUT2D eigenvalue weighted by Crippen LogP contribution is -2.25. The molecule has 0 radical (unpaired) electrons. The minimum Gasteiger partial charge on any atom is -0.388 e. The van der Waals surface area contributed by atoms with Gasteiger partial charge in [-0.05, 0) is 30.5 Å². The van der Waals surface area contributed by atoms with Gasteiger partial charge in [0.2, 0.25) is 0 Å². The monoisotopic (exact) mass is 251 g/mol. The topological polar surface area (TPSA) is 80.4 Å². The number of ketones is 1. The smallest absolute Gasteiger partial charge is 0.269 e. The largest absolute Gasteiger partial charge is 0.388 e. The molecule has 0 saturated carbocycles. The molecule has 1 rings (SSSR count). The number of carbonyl (C=O) groups is 1. The molecule has 0 fully saturated rings. The van der Waals surface area contributed by atoms with Crippen LogP contribution in [0.3, 0.4) is 0 Å². The minimum atomic E-state index is -0.927. The molecular formula is C13H17NO4. The van der Waals surface area contributed by atoms with Crippen LogP contribution in [0.5, 0.6) is 0 Å². The number of nitro benzene ring substituents is 1. The van der Waals surface area contributed by atoms with E-state index < -0.39 is 16.9 Å². The zero-order chi connectivity index (χ0) is 13.9. The van der Waals surface area contributed by atoms with Crippen molar-refractivity contribution in [3.63, 3.8) is 0 Å². The highest BCUT2D eigenvalue weighted by atomic mass is 16.6. The fraction of sp³-hybridized carbons (Fsp3) is 0.462. The number of nitrogens with zero attached hydrogens (tertiary/aromatic N) is 1. The van der Waals surface area contributed by atoms with E-state index in [0.29, 0.717) is 5.56 Å². The predicted molar refractivity (Wildman–Crippen MR) is 67.1 cm³/mol. The molecule has 0 aromatic heterocycles. The first-order valence-corrected chi connectivity index (χ1v) is 5.77. The summed E-state index contributed by atoms with van der Waals surface area (Å²) < 4.78 is 0. The second kappa shape index (κ2) is 5.73. The van der Waals surface area contributed by atoms with Gasteiger partial charge in [-0.1, -0.05) is 13.8 Å². The molecule has 0 unspecified atom stereocenters. The van der Waals surface area contributed by atoms with E-state index in [2.05, 4.69) is 0 Å². The van der Waals surface area contributed by atoms with Crippen LogP contribution in [0, 0.1) is 22.0 Å². The summed E-state index contributed by atoms with van der Waals surface area (Å²) in [5, 5.41) is 20.7. The molecule has 2 atom stereocenters. The van der Waals surface area contributed by atoms with Crippen LogP contribution in [-0.4, -0.2) is 15.8 Å². The number of aliphatic hydroxyl groups is 1. The molecule has 0 aliphatic carbocycles. The van der Waals surface area contributed by atoms with Crippen LogP contribution in [0.1, 0.15) is 32.4 Å². The maximum absolute atomic E-state index is 11.5. The molecule has 0 amide bonds. The first-order valence-electron chi connectivity index (χ1n) is 5.77. The molecule has 5 heteroatoms. The molecule has 1 N–H and O–H groups in total. The van der Waals surface area contributed by atoms with Gasteiger partial charge in [-0.3, -0.25) is 14.9 Å². The van der Waals surface area contributed by atoms with E-state index in [1.165, 1.54) is 31.2 Å². The van der Waals surface area contributed by atoms with Crippen LogP contribution in [0.15, 0.2) is 24.3 Å². The van der Waals surface area contributed by atoms with Crippen molar-refractivity contribution in [2.24, 2.45) is 11.8 Å². The van der Waals surface area contributed by atoms with Gasteiger partial charge >= 0.3 is 0 Å². The van der Waals surface area contributed by atoms with Gasteiger partial charge in [0.05, 0.1) is 11.0 Å². The quantitative estimate of drug-likeness (QED) is 0.644. The summed E-state index contributed by atoms with van der Waals surface area (Å²) in [5.74, 6) is -0.574. The first kappa shape index (κ1) is 14.3. The van der Waals surface area contributed by atoms with Crippen molar-refractivity contribution in [2.75, 3.05) is 0 Å². The van der Waals surface area contributed by atoms with Crippen molar-refractivity contribution in [2.45, 2.75) is 26.9 Å². The summed E-state index contributed by atoms with van der Waals surface area (Å²) in [6.45, 7) is 5.17. The van der Waals surface area contributed by atoms with E-state index >= 15 is 0 Å². The highest BCUT2D eigenvalue weighted by Crippen LogP contribution is 2.29. The average Bonchev–Trinajstić information content (AvgIpc) is 2.28. The molecule has 0 spiro atoms. The summed E-state index contributed by atoms with van der Waals surface area (Å²) in [5.41, 5.74) is 0.490. The Labute approximate surface area is 106 Å². The summed E-state index contributed by atoms with van der Waals surface area (Å²) in [6, 6.07) is 5.63. The normalized spacial score (nSPS) is 14.3. The van der Waals surface area contributed by atoms with Crippen LogP contribution < -0.4 is 0 Å². The summed E-state index contributed by atoms with van der Waals surface area (Å²) in [6.07, 6.45) is -0.927. The van der Waals surface area contributed by atoms with E-state index in [0.717, 1.165) is 0 Å². The third-order valence-corrected chi connectivity index (χ3v) is 2.97. The summed E-state index contributed by atoms with van der Waals surface area (Å²) >= 11 is 0. The Kier molecular flexibility index (Phi) is 4.55. The number of hydrogen-bond acceptors (Lipinski definition) is 4. The fourth-order valence-corrected chi connectivity index (χ4v) is 2.06. The van der Waals surface area contributed by atoms with Gasteiger partial charge in [0.15, 0.2) is 0 Å². The lowest BCUT2D eigenvalue weighted by atomic mass is 9.84. The summed E-state index contributed by atoms with van der Waals surface area (Å²) in [4.78, 5) is 21.5. The number of carbonyl (C=O) groups excluding carboxylic acids is 1. The van der Waals surface area contributed by atoms with Gasteiger partial charge in [-0.25, -0.2) is 0 Å². The number of benzene rings is 1. The Balaban J connectivity index is 2.98. The third kappa shape index (κ3) is 3.13. The zero-order valence-corrected chi connectivity index (χ0v) is 10.7. The van der Waals surface area contributed by atoms with Crippen LogP contribution in [0.2, 0.25) is 0 Å². The Hall–Kier alpha value is -1.75. The third-order valence-electron chi connectivity index (χ3n) is 2.97.